The molecule has 0 aromatic heterocycles. The predicted octanol–water partition coefficient (Wildman–Crippen LogP) is 1.85. The van der Waals surface area contributed by atoms with Crippen LogP contribution in [-0.2, 0) is 4.79 Å². The van der Waals surface area contributed by atoms with Crippen LogP contribution < -0.4 is 0 Å². The molecule has 0 aliphatic heterocycles. The van der Waals surface area contributed by atoms with Gasteiger partial charge in [-0.25, -0.2) is 0 Å². The van der Waals surface area contributed by atoms with Gasteiger partial charge >= 0.3 is 0 Å². The van der Waals surface area contributed by atoms with Crippen LogP contribution in [0.3, 0.4) is 0 Å². The van der Waals surface area contributed by atoms with E-state index < -0.39 is 5.60 Å². The number of carbonyl (C=O) groups is 1. The maximum Gasteiger partial charge on any atom is 0.127 e. The van der Waals surface area contributed by atoms with E-state index in [-0.39, 0.29) is 5.92 Å². The Morgan fingerprint density at radius 3 is 2.85 bits per heavy atom. The second-order valence-corrected chi connectivity index (χ2v) is 4.02. The van der Waals surface area contributed by atoms with E-state index in [0.29, 0.717) is 0 Å². The van der Waals surface area contributed by atoms with Crippen LogP contribution in [0.2, 0.25) is 0 Å². The number of aldehydes is 1. The lowest BCUT2D eigenvalue weighted by Gasteiger charge is -2.19. The van der Waals surface area contributed by atoms with Gasteiger partial charge < -0.3 is 9.90 Å². The second kappa shape index (κ2) is 3.88. The molecule has 0 bridgehead atoms. The Labute approximate surface area is 79.0 Å². The molecule has 0 aromatic carbocycles. The third-order valence-corrected chi connectivity index (χ3v) is 2.07. The molecular formula is C11H16O2. The van der Waals surface area contributed by atoms with E-state index >= 15 is 0 Å². The Morgan fingerprint density at radius 1 is 1.62 bits per heavy atom. The predicted molar refractivity (Wildman–Crippen MR) is 52.3 cm³/mol. The van der Waals surface area contributed by atoms with Gasteiger partial charge in [0.1, 0.15) is 6.29 Å². The van der Waals surface area contributed by atoms with Crippen LogP contribution in [0.1, 0.15) is 26.7 Å². The topological polar surface area (TPSA) is 37.3 Å². The van der Waals surface area contributed by atoms with E-state index in [1.165, 1.54) is 0 Å². The summed E-state index contributed by atoms with van der Waals surface area (Å²) in [6.07, 6.45) is 8.50. The molecule has 1 aliphatic rings. The SMILES string of the molecule is CC(C)(O)/C=C1/C=CCCC1C=O. The van der Waals surface area contributed by atoms with Crippen molar-refractivity contribution in [2.75, 3.05) is 0 Å². The highest BCUT2D eigenvalue weighted by Gasteiger charge is 2.17. The molecule has 2 heteroatoms. The lowest BCUT2D eigenvalue weighted by molar-refractivity contribution is -0.110. The van der Waals surface area contributed by atoms with Crippen LogP contribution in [0, 0.1) is 5.92 Å². The number of carbonyl (C=O) groups excluding carboxylic acids is 1. The molecular weight excluding hydrogens is 164 g/mol. The van der Waals surface area contributed by atoms with Crippen LogP contribution in [0.15, 0.2) is 23.8 Å². The minimum Gasteiger partial charge on any atom is -0.386 e. The van der Waals surface area contributed by atoms with Crippen molar-refractivity contribution in [1.29, 1.82) is 0 Å². The zero-order valence-corrected chi connectivity index (χ0v) is 8.16. The van der Waals surface area contributed by atoms with E-state index in [1.54, 1.807) is 19.9 Å². The average molecular weight is 180 g/mol. The highest BCUT2D eigenvalue weighted by atomic mass is 16.3. The van der Waals surface area contributed by atoms with E-state index in [1.807, 2.05) is 12.2 Å². The number of hydrogen-bond acceptors (Lipinski definition) is 2. The summed E-state index contributed by atoms with van der Waals surface area (Å²) in [7, 11) is 0. The Balaban J connectivity index is 2.87. The average Bonchev–Trinajstić information content (AvgIpc) is 2.02. The monoisotopic (exact) mass is 180 g/mol. The van der Waals surface area contributed by atoms with Gasteiger partial charge in [-0.1, -0.05) is 12.2 Å². The molecule has 0 aromatic rings. The number of allylic oxidation sites excluding steroid dienone is 3. The molecule has 72 valence electrons. The van der Waals surface area contributed by atoms with Gasteiger partial charge in [0, 0.05) is 5.92 Å². The van der Waals surface area contributed by atoms with Crippen LogP contribution in [0.25, 0.3) is 0 Å². The Morgan fingerprint density at radius 2 is 2.31 bits per heavy atom. The molecule has 1 atom stereocenters. The minimum absolute atomic E-state index is 0.0311. The van der Waals surface area contributed by atoms with Gasteiger partial charge in [-0.05, 0) is 38.3 Å². The highest BCUT2D eigenvalue weighted by Crippen LogP contribution is 2.24. The zero-order chi connectivity index (χ0) is 9.90. The Bertz CT molecular complexity index is 243. The van der Waals surface area contributed by atoms with Gasteiger partial charge in [0.15, 0.2) is 0 Å². The summed E-state index contributed by atoms with van der Waals surface area (Å²) in [5.41, 5.74) is 0.104. The van der Waals surface area contributed by atoms with Crippen molar-refractivity contribution in [3.63, 3.8) is 0 Å². The molecule has 0 saturated carbocycles. The van der Waals surface area contributed by atoms with Gasteiger partial charge in [0.2, 0.25) is 0 Å². The smallest absolute Gasteiger partial charge is 0.127 e. The number of aliphatic hydroxyl groups is 1. The number of rotatable bonds is 2. The summed E-state index contributed by atoms with van der Waals surface area (Å²) in [6.45, 7) is 3.43. The van der Waals surface area contributed by atoms with Crippen molar-refractivity contribution in [3.05, 3.63) is 23.8 Å². The van der Waals surface area contributed by atoms with Crippen LogP contribution in [-0.4, -0.2) is 17.0 Å². The highest BCUT2D eigenvalue weighted by molar-refractivity contribution is 5.61. The molecule has 0 fully saturated rings. The molecule has 0 amide bonds. The van der Waals surface area contributed by atoms with Gasteiger partial charge in [0.25, 0.3) is 0 Å². The zero-order valence-electron chi connectivity index (χ0n) is 8.16. The van der Waals surface area contributed by atoms with Gasteiger partial charge in [-0.3, -0.25) is 0 Å². The summed E-state index contributed by atoms with van der Waals surface area (Å²) in [5.74, 6) is -0.0311. The first-order valence-electron chi connectivity index (χ1n) is 4.60. The Kier molecular flexibility index (Phi) is 3.04. The van der Waals surface area contributed by atoms with E-state index in [4.69, 9.17) is 0 Å². The van der Waals surface area contributed by atoms with Crippen molar-refractivity contribution in [2.24, 2.45) is 5.92 Å². The van der Waals surface area contributed by atoms with Crippen molar-refractivity contribution >= 4 is 6.29 Å². The fourth-order valence-corrected chi connectivity index (χ4v) is 1.50. The second-order valence-electron chi connectivity index (χ2n) is 4.02. The van der Waals surface area contributed by atoms with Gasteiger partial charge in [-0.2, -0.15) is 0 Å². The van der Waals surface area contributed by atoms with Crippen LogP contribution in [0.4, 0.5) is 0 Å². The van der Waals surface area contributed by atoms with Crippen molar-refractivity contribution in [2.45, 2.75) is 32.3 Å². The Hall–Kier alpha value is -0.890. The summed E-state index contributed by atoms with van der Waals surface area (Å²) >= 11 is 0. The standard InChI is InChI=1S/C11H16O2/c1-11(2,13)7-9-5-3-4-6-10(9)8-12/h3,5,7-8,10,13H,4,6H2,1-2H3/b9-7-. The van der Waals surface area contributed by atoms with Crippen LogP contribution >= 0.6 is 0 Å². The molecule has 1 unspecified atom stereocenters. The molecule has 1 aliphatic carbocycles. The van der Waals surface area contributed by atoms with Crippen molar-refractivity contribution < 1.29 is 9.90 Å². The maximum atomic E-state index is 10.7. The van der Waals surface area contributed by atoms with E-state index in [2.05, 4.69) is 0 Å². The summed E-state index contributed by atoms with van der Waals surface area (Å²) in [4.78, 5) is 10.7. The third-order valence-electron chi connectivity index (χ3n) is 2.07. The fourth-order valence-electron chi connectivity index (χ4n) is 1.50. The molecule has 0 spiro atoms. The minimum atomic E-state index is -0.835. The molecule has 1 rings (SSSR count). The van der Waals surface area contributed by atoms with Crippen LogP contribution in [0.5, 0.6) is 0 Å². The maximum absolute atomic E-state index is 10.7. The first-order valence-corrected chi connectivity index (χ1v) is 4.60. The fraction of sp³-hybridized carbons (Fsp3) is 0.545. The lowest BCUT2D eigenvalue weighted by Crippen LogP contribution is -2.18. The summed E-state index contributed by atoms with van der Waals surface area (Å²) < 4.78 is 0. The van der Waals surface area contributed by atoms with Gasteiger partial charge in [-0.15, -0.1) is 0 Å². The largest absolute Gasteiger partial charge is 0.386 e. The molecule has 0 heterocycles. The molecule has 1 N–H and O–H groups in total. The molecule has 0 saturated heterocycles. The number of hydrogen-bond donors (Lipinski definition) is 1. The quantitative estimate of drug-likeness (QED) is 0.658. The summed E-state index contributed by atoms with van der Waals surface area (Å²) in [5, 5.41) is 9.56. The molecule has 0 radical (unpaired) electrons. The summed E-state index contributed by atoms with van der Waals surface area (Å²) in [6, 6.07) is 0. The first-order chi connectivity index (χ1) is 6.03. The van der Waals surface area contributed by atoms with Gasteiger partial charge in [0.05, 0.1) is 5.60 Å². The third kappa shape index (κ3) is 3.15. The van der Waals surface area contributed by atoms with E-state index in [9.17, 15) is 9.90 Å². The molecule has 13 heavy (non-hydrogen) atoms. The van der Waals surface area contributed by atoms with Crippen molar-refractivity contribution in [3.8, 4) is 0 Å². The molecule has 2 nitrogen and oxygen atoms in total. The normalized spacial score (nSPS) is 26.4. The van der Waals surface area contributed by atoms with Crippen molar-refractivity contribution in [1.82, 2.24) is 0 Å². The lowest BCUT2D eigenvalue weighted by atomic mass is 9.88. The van der Waals surface area contributed by atoms with E-state index in [0.717, 1.165) is 24.7 Å². The first kappa shape index (κ1) is 10.2.